The second-order valence-electron chi connectivity index (χ2n) is 4.94. The minimum absolute atomic E-state index is 0.0114. The first-order chi connectivity index (χ1) is 8.10. The predicted octanol–water partition coefficient (Wildman–Crippen LogP) is 3.62. The molecule has 2 aromatic rings. The molecule has 17 heavy (non-hydrogen) atoms. The zero-order valence-corrected chi connectivity index (χ0v) is 11.2. The maximum absolute atomic E-state index is 5.98. The summed E-state index contributed by atoms with van der Waals surface area (Å²) in [5.41, 5.74) is 2.51. The fourth-order valence-electron chi connectivity index (χ4n) is 2.63. The van der Waals surface area contributed by atoms with Gasteiger partial charge in [0.2, 0.25) is 0 Å². The number of hydrogen-bond acceptors (Lipinski definition) is 1. The van der Waals surface area contributed by atoms with Crippen LogP contribution in [0.4, 0.5) is 0 Å². The van der Waals surface area contributed by atoms with Gasteiger partial charge in [0, 0.05) is 16.5 Å². The van der Waals surface area contributed by atoms with Gasteiger partial charge in [0.25, 0.3) is 0 Å². The summed E-state index contributed by atoms with van der Waals surface area (Å²) in [6, 6.07) is 14.5. The molecule has 1 heterocycles. The van der Waals surface area contributed by atoms with E-state index in [0.29, 0.717) is 0 Å². The number of ether oxygens (including phenoxy) is 1. The molecule has 0 aliphatic carbocycles. The van der Waals surface area contributed by atoms with Crippen molar-refractivity contribution in [3.8, 4) is 11.5 Å². The Bertz CT molecular complexity index is 587. The van der Waals surface area contributed by atoms with Crippen molar-refractivity contribution in [1.82, 2.24) is 0 Å². The van der Waals surface area contributed by atoms with E-state index in [2.05, 4.69) is 41.3 Å². The van der Waals surface area contributed by atoms with Gasteiger partial charge in [-0.25, -0.2) is 0 Å². The summed E-state index contributed by atoms with van der Waals surface area (Å²) >= 11 is 0. The standard InChI is InChI=1S/C15H15OP/c1-15(2)10-6-3-4-7-11(10)16-12-8-5-9-13(17)14(12)15/h3-9H,17H2,1-2H3. The molecule has 86 valence electrons. The van der Waals surface area contributed by atoms with Gasteiger partial charge in [-0.2, -0.15) is 0 Å². The number of rotatable bonds is 0. The molecule has 1 unspecified atom stereocenters. The quantitative estimate of drug-likeness (QED) is 0.641. The highest BCUT2D eigenvalue weighted by molar-refractivity contribution is 7.27. The first-order valence-corrected chi connectivity index (χ1v) is 6.35. The lowest BCUT2D eigenvalue weighted by atomic mass is 9.76. The van der Waals surface area contributed by atoms with Crippen molar-refractivity contribution < 1.29 is 4.74 Å². The summed E-state index contributed by atoms with van der Waals surface area (Å²) in [6.45, 7) is 4.50. The van der Waals surface area contributed by atoms with Gasteiger partial charge in [0.1, 0.15) is 11.5 Å². The molecule has 2 heteroatoms. The molecule has 1 aliphatic heterocycles. The first-order valence-electron chi connectivity index (χ1n) is 5.77. The fraction of sp³-hybridized carbons (Fsp3) is 0.200. The number of hydrogen-bond donors (Lipinski definition) is 0. The van der Waals surface area contributed by atoms with Crippen LogP contribution in [0, 0.1) is 0 Å². The molecule has 0 bridgehead atoms. The van der Waals surface area contributed by atoms with Crippen LogP contribution in [0.3, 0.4) is 0 Å². The molecule has 1 atom stereocenters. The maximum Gasteiger partial charge on any atom is 0.132 e. The van der Waals surface area contributed by atoms with Crippen LogP contribution in [0.15, 0.2) is 42.5 Å². The van der Waals surface area contributed by atoms with E-state index in [9.17, 15) is 0 Å². The van der Waals surface area contributed by atoms with Crippen molar-refractivity contribution in [2.75, 3.05) is 0 Å². The zero-order valence-electron chi connectivity index (χ0n) is 10.0. The number of fused-ring (bicyclic) bond motifs is 2. The van der Waals surface area contributed by atoms with Crippen LogP contribution in [-0.2, 0) is 5.41 Å². The maximum atomic E-state index is 5.98. The topological polar surface area (TPSA) is 9.23 Å². The molecular formula is C15H15OP. The molecule has 0 amide bonds. The predicted molar refractivity (Wildman–Crippen MR) is 74.4 cm³/mol. The van der Waals surface area contributed by atoms with Crippen molar-refractivity contribution in [2.24, 2.45) is 0 Å². The first kappa shape index (κ1) is 10.8. The second kappa shape index (κ2) is 3.58. The Balaban J connectivity index is 2.32. The lowest BCUT2D eigenvalue weighted by Gasteiger charge is -2.35. The monoisotopic (exact) mass is 242 g/mol. The highest BCUT2D eigenvalue weighted by Gasteiger charge is 2.34. The third-order valence-corrected chi connectivity index (χ3v) is 3.94. The van der Waals surface area contributed by atoms with Gasteiger partial charge in [-0.1, -0.05) is 44.2 Å². The Hall–Kier alpha value is -1.33. The molecule has 0 radical (unpaired) electrons. The minimum Gasteiger partial charge on any atom is -0.457 e. The van der Waals surface area contributed by atoms with Gasteiger partial charge >= 0.3 is 0 Å². The van der Waals surface area contributed by atoms with Gasteiger partial charge in [0.05, 0.1) is 0 Å². The van der Waals surface area contributed by atoms with E-state index in [-0.39, 0.29) is 5.41 Å². The minimum atomic E-state index is -0.0114. The van der Waals surface area contributed by atoms with Crippen molar-refractivity contribution in [2.45, 2.75) is 19.3 Å². The van der Waals surface area contributed by atoms with Crippen molar-refractivity contribution in [1.29, 1.82) is 0 Å². The summed E-state index contributed by atoms with van der Waals surface area (Å²) < 4.78 is 5.98. The highest BCUT2D eigenvalue weighted by atomic mass is 31.0. The summed E-state index contributed by atoms with van der Waals surface area (Å²) in [4.78, 5) is 0. The molecule has 0 aromatic heterocycles. The van der Waals surface area contributed by atoms with E-state index < -0.39 is 0 Å². The molecule has 0 spiro atoms. The molecule has 0 saturated carbocycles. The lowest BCUT2D eigenvalue weighted by molar-refractivity contribution is 0.420. The molecule has 0 fully saturated rings. The van der Waals surface area contributed by atoms with Crippen LogP contribution in [0.25, 0.3) is 0 Å². The van der Waals surface area contributed by atoms with Crippen LogP contribution in [0.2, 0.25) is 0 Å². The average molecular weight is 242 g/mol. The van der Waals surface area contributed by atoms with E-state index in [1.54, 1.807) is 0 Å². The van der Waals surface area contributed by atoms with Gasteiger partial charge in [-0.05, 0) is 17.4 Å². The van der Waals surface area contributed by atoms with Crippen LogP contribution >= 0.6 is 9.24 Å². The van der Waals surface area contributed by atoms with E-state index in [0.717, 1.165) is 11.5 Å². The van der Waals surface area contributed by atoms with Gasteiger partial charge in [-0.3, -0.25) is 0 Å². The Labute approximate surface area is 104 Å². The molecule has 3 rings (SSSR count). The smallest absolute Gasteiger partial charge is 0.132 e. The molecule has 0 saturated heterocycles. The third-order valence-electron chi connectivity index (χ3n) is 3.46. The van der Waals surface area contributed by atoms with E-state index in [1.807, 2.05) is 24.3 Å². The number of para-hydroxylation sites is 1. The van der Waals surface area contributed by atoms with Crippen LogP contribution < -0.4 is 10.0 Å². The van der Waals surface area contributed by atoms with Crippen molar-refractivity contribution in [3.63, 3.8) is 0 Å². The van der Waals surface area contributed by atoms with Gasteiger partial charge in [0.15, 0.2) is 0 Å². The zero-order chi connectivity index (χ0) is 12.0. The Morgan fingerprint density at radius 1 is 0.941 bits per heavy atom. The molecule has 0 N–H and O–H groups in total. The Morgan fingerprint density at radius 2 is 1.65 bits per heavy atom. The molecule has 1 nitrogen and oxygen atoms in total. The van der Waals surface area contributed by atoms with E-state index in [4.69, 9.17) is 4.74 Å². The highest BCUT2D eigenvalue weighted by Crippen LogP contribution is 2.46. The van der Waals surface area contributed by atoms with E-state index >= 15 is 0 Å². The normalized spacial score (nSPS) is 15.7. The lowest BCUT2D eigenvalue weighted by Crippen LogP contribution is -2.28. The molecule has 1 aliphatic rings. The second-order valence-corrected chi connectivity index (χ2v) is 5.57. The molecule has 2 aromatic carbocycles. The summed E-state index contributed by atoms with van der Waals surface area (Å²) in [5.74, 6) is 1.95. The molecular weight excluding hydrogens is 227 g/mol. The summed E-state index contributed by atoms with van der Waals surface area (Å²) in [7, 11) is 2.81. The van der Waals surface area contributed by atoms with Crippen LogP contribution in [0.5, 0.6) is 11.5 Å². The van der Waals surface area contributed by atoms with Gasteiger partial charge in [-0.15, -0.1) is 9.24 Å². The Kier molecular flexibility index (Phi) is 2.27. The largest absolute Gasteiger partial charge is 0.457 e. The summed E-state index contributed by atoms with van der Waals surface area (Å²) in [6.07, 6.45) is 0. The Morgan fingerprint density at radius 3 is 2.47 bits per heavy atom. The average Bonchev–Trinajstić information content (AvgIpc) is 2.28. The van der Waals surface area contributed by atoms with Crippen molar-refractivity contribution in [3.05, 3.63) is 53.6 Å². The van der Waals surface area contributed by atoms with Crippen LogP contribution in [0.1, 0.15) is 25.0 Å². The van der Waals surface area contributed by atoms with E-state index in [1.165, 1.54) is 16.4 Å². The van der Waals surface area contributed by atoms with Crippen molar-refractivity contribution >= 4 is 14.5 Å². The summed E-state index contributed by atoms with van der Waals surface area (Å²) in [5, 5.41) is 1.21. The van der Waals surface area contributed by atoms with Gasteiger partial charge < -0.3 is 4.74 Å². The SMILES string of the molecule is CC1(C)c2ccccc2Oc2cccc(P)c21. The third kappa shape index (κ3) is 1.50. The van der Waals surface area contributed by atoms with Crippen LogP contribution in [-0.4, -0.2) is 0 Å². The number of benzene rings is 2. The fourth-order valence-corrected chi connectivity index (χ4v) is 3.24.